The zero-order chi connectivity index (χ0) is 20.5. The van der Waals surface area contributed by atoms with Gasteiger partial charge in [0.05, 0.1) is 18.0 Å². The second-order valence-corrected chi connectivity index (χ2v) is 9.02. The van der Waals surface area contributed by atoms with Gasteiger partial charge in [-0.1, -0.05) is 45.0 Å². The van der Waals surface area contributed by atoms with Crippen LogP contribution in [0.5, 0.6) is 0 Å². The third-order valence-electron chi connectivity index (χ3n) is 4.60. The van der Waals surface area contributed by atoms with Crippen molar-refractivity contribution in [2.45, 2.75) is 46.5 Å². The summed E-state index contributed by atoms with van der Waals surface area (Å²) in [6, 6.07) is 8.03. The molecule has 6 nitrogen and oxygen atoms in total. The van der Waals surface area contributed by atoms with Crippen molar-refractivity contribution in [1.82, 2.24) is 15.4 Å². The summed E-state index contributed by atoms with van der Waals surface area (Å²) in [5.74, 6) is -0.00367. The lowest BCUT2D eigenvalue weighted by atomic mass is 9.87. The van der Waals surface area contributed by atoms with Crippen molar-refractivity contribution in [3.8, 4) is 0 Å². The fourth-order valence-corrected chi connectivity index (χ4v) is 3.87. The van der Waals surface area contributed by atoms with E-state index in [-0.39, 0.29) is 23.3 Å². The lowest BCUT2D eigenvalue weighted by molar-refractivity contribution is -0.120. The molecule has 3 rings (SSSR count). The summed E-state index contributed by atoms with van der Waals surface area (Å²) in [4.78, 5) is 33.2. The summed E-state index contributed by atoms with van der Waals surface area (Å²) in [6.07, 6.45) is 1.55. The lowest BCUT2D eigenvalue weighted by Gasteiger charge is -2.18. The van der Waals surface area contributed by atoms with Crippen LogP contribution >= 0.6 is 11.3 Å². The largest absolute Gasteiger partial charge is 0.309 e. The number of aryl methyl sites for hydroxylation is 2. The summed E-state index contributed by atoms with van der Waals surface area (Å²) in [5.41, 5.74) is 5.43. The van der Waals surface area contributed by atoms with Gasteiger partial charge in [0.25, 0.3) is 5.56 Å². The van der Waals surface area contributed by atoms with Crippen LogP contribution in [0.25, 0.3) is 10.2 Å². The van der Waals surface area contributed by atoms with Gasteiger partial charge in [-0.2, -0.15) is 5.10 Å². The number of hydrogen-bond acceptors (Lipinski definition) is 5. The SMILES string of the molecule is Cc1sc2nc(CC(=O)N/N=C\c3ccc(C(C)(C)C)cc3)[nH]c(=O)c2c1C. The predicted molar refractivity (Wildman–Crippen MR) is 114 cm³/mol. The third kappa shape index (κ3) is 4.36. The number of H-pyrrole nitrogens is 1. The number of nitrogens with zero attached hydrogens (tertiary/aromatic N) is 2. The molecule has 0 radical (unpaired) electrons. The Labute approximate surface area is 167 Å². The van der Waals surface area contributed by atoms with Gasteiger partial charge in [0.1, 0.15) is 10.7 Å². The van der Waals surface area contributed by atoms with Gasteiger partial charge >= 0.3 is 0 Å². The molecule has 0 unspecified atom stereocenters. The van der Waals surface area contributed by atoms with Crippen LogP contribution in [0.3, 0.4) is 0 Å². The summed E-state index contributed by atoms with van der Waals surface area (Å²) in [5, 5.41) is 4.59. The molecule has 1 amide bonds. The molecule has 0 aliphatic heterocycles. The zero-order valence-electron chi connectivity index (χ0n) is 16.7. The highest BCUT2D eigenvalue weighted by Gasteiger charge is 2.14. The monoisotopic (exact) mass is 396 g/mol. The smallest absolute Gasteiger partial charge is 0.259 e. The van der Waals surface area contributed by atoms with E-state index < -0.39 is 0 Å². The molecule has 0 spiro atoms. The van der Waals surface area contributed by atoms with E-state index in [4.69, 9.17) is 0 Å². The Morgan fingerprint density at radius 2 is 1.93 bits per heavy atom. The Morgan fingerprint density at radius 3 is 2.57 bits per heavy atom. The first-order chi connectivity index (χ1) is 13.1. The van der Waals surface area contributed by atoms with E-state index in [0.29, 0.717) is 16.0 Å². The number of rotatable bonds is 4. The van der Waals surface area contributed by atoms with Crippen LogP contribution in [0, 0.1) is 13.8 Å². The first kappa shape index (κ1) is 19.9. The van der Waals surface area contributed by atoms with Crippen LogP contribution in [-0.2, 0) is 16.6 Å². The molecule has 7 heteroatoms. The quantitative estimate of drug-likeness (QED) is 0.522. The Bertz CT molecular complexity index is 1100. The Morgan fingerprint density at radius 1 is 1.25 bits per heavy atom. The summed E-state index contributed by atoms with van der Waals surface area (Å²) < 4.78 is 0. The Kier molecular flexibility index (Phi) is 5.47. The first-order valence-electron chi connectivity index (χ1n) is 9.06. The van der Waals surface area contributed by atoms with Gasteiger partial charge in [0, 0.05) is 4.88 Å². The second kappa shape index (κ2) is 7.67. The number of fused-ring (bicyclic) bond motifs is 1. The van der Waals surface area contributed by atoms with Crippen LogP contribution in [0.4, 0.5) is 0 Å². The number of hydrogen-bond donors (Lipinski definition) is 2. The normalized spacial score (nSPS) is 12.0. The maximum absolute atomic E-state index is 12.3. The van der Waals surface area contributed by atoms with Gasteiger partial charge in [0.15, 0.2) is 0 Å². The molecule has 2 N–H and O–H groups in total. The van der Waals surface area contributed by atoms with E-state index in [0.717, 1.165) is 16.0 Å². The first-order valence-corrected chi connectivity index (χ1v) is 9.88. The number of thiophene rings is 1. The van der Waals surface area contributed by atoms with Gasteiger partial charge in [-0.15, -0.1) is 11.3 Å². The van der Waals surface area contributed by atoms with Crippen molar-refractivity contribution in [1.29, 1.82) is 0 Å². The minimum absolute atomic E-state index is 0.0402. The number of aromatic amines is 1. The van der Waals surface area contributed by atoms with E-state index in [1.807, 2.05) is 26.0 Å². The number of nitrogens with one attached hydrogen (secondary N) is 2. The van der Waals surface area contributed by atoms with E-state index in [1.165, 1.54) is 16.9 Å². The number of carbonyl (C=O) groups excluding carboxylic acids is 1. The molecular formula is C21H24N4O2S. The highest BCUT2D eigenvalue weighted by Crippen LogP contribution is 2.25. The summed E-state index contributed by atoms with van der Waals surface area (Å²) in [6.45, 7) is 10.3. The number of aromatic nitrogens is 2. The highest BCUT2D eigenvalue weighted by atomic mass is 32.1. The van der Waals surface area contributed by atoms with E-state index >= 15 is 0 Å². The van der Waals surface area contributed by atoms with Gasteiger partial charge in [0.2, 0.25) is 5.91 Å². The molecule has 0 saturated heterocycles. The molecule has 0 fully saturated rings. The van der Waals surface area contributed by atoms with Crippen molar-refractivity contribution in [2.75, 3.05) is 0 Å². The van der Waals surface area contributed by atoms with E-state index in [9.17, 15) is 9.59 Å². The van der Waals surface area contributed by atoms with E-state index in [1.54, 1.807) is 6.21 Å². The fraction of sp³-hybridized carbons (Fsp3) is 0.333. The van der Waals surface area contributed by atoms with Crippen molar-refractivity contribution >= 4 is 33.7 Å². The lowest BCUT2D eigenvalue weighted by Crippen LogP contribution is -2.23. The maximum Gasteiger partial charge on any atom is 0.259 e. The zero-order valence-corrected chi connectivity index (χ0v) is 17.5. The van der Waals surface area contributed by atoms with Gasteiger partial charge in [-0.25, -0.2) is 10.4 Å². The van der Waals surface area contributed by atoms with Gasteiger partial charge < -0.3 is 4.98 Å². The van der Waals surface area contributed by atoms with Crippen LogP contribution in [-0.4, -0.2) is 22.1 Å². The van der Waals surface area contributed by atoms with Crippen molar-refractivity contribution in [2.24, 2.45) is 5.10 Å². The van der Waals surface area contributed by atoms with Crippen LogP contribution in [0.1, 0.15) is 48.2 Å². The Hall–Kier alpha value is -2.80. The fourth-order valence-electron chi connectivity index (χ4n) is 2.82. The van der Waals surface area contributed by atoms with Crippen molar-refractivity contribution < 1.29 is 4.79 Å². The van der Waals surface area contributed by atoms with E-state index in [2.05, 4.69) is 53.4 Å². The summed E-state index contributed by atoms with van der Waals surface area (Å²) >= 11 is 1.46. The van der Waals surface area contributed by atoms with Gasteiger partial charge in [-0.05, 0) is 36.0 Å². The van der Waals surface area contributed by atoms with Crippen LogP contribution in [0.2, 0.25) is 0 Å². The van der Waals surface area contributed by atoms with Crippen LogP contribution < -0.4 is 11.0 Å². The predicted octanol–water partition coefficient (Wildman–Crippen LogP) is 3.59. The standard InChI is InChI=1S/C21H24N4O2S/c1-12-13(2)28-20-18(12)19(27)23-16(24-20)10-17(26)25-22-11-14-6-8-15(9-7-14)21(3,4)5/h6-9,11H,10H2,1-5H3,(H,25,26)(H,23,24,27)/b22-11-. The average molecular weight is 397 g/mol. The van der Waals surface area contributed by atoms with Crippen molar-refractivity contribution in [3.63, 3.8) is 0 Å². The molecule has 0 saturated carbocycles. The topological polar surface area (TPSA) is 87.2 Å². The number of benzene rings is 1. The number of carbonyl (C=O) groups is 1. The number of amides is 1. The summed E-state index contributed by atoms with van der Waals surface area (Å²) in [7, 11) is 0. The molecular weight excluding hydrogens is 372 g/mol. The Balaban J connectivity index is 1.65. The molecule has 2 aromatic heterocycles. The van der Waals surface area contributed by atoms with Crippen LogP contribution in [0.15, 0.2) is 34.2 Å². The molecule has 3 aromatic rings. The average Bonchev–Trinajstić information content (AvgIpc) is 2.89. The molecule has 0 bridgehead atoms. The molecule has 2 heterocycles. The minimum Gasteiger partial charge on any atom is -0.309 e. The number of hydrazone groups is 1. The minimum atomic E-state index is -0.338. The third-order valence-corrected chi connectivity index (χ3v) is 5.70. The molecule has 28 heavy (non-hydrogen) atoms. The second-order valence-electron chi connectivity index (χ2n) is 7.82. The highest BCUT2D eigenvalue weighted by molar-refractivity contribution is 7.18. The molecule has 146 valence electrons. The van der Waals surface area contributed by atoms with Gasteiger partial charge in [-0.3, -0.25) is 9.59 Å². The molecule has 1 aromatic carbocycles. The maximum atomic E-state index is 12.3. The molecule has 0 aliphatic carbocycles. The molecule has 0 aliphatic rings. The molecule has 0 atom stereocenters. The van der Waals surface area contributed by atoms with Crippen molar-refractivity contribution in [3.05, 3.63) is 62.0 Å².